The Hall–Kier alpha value is -7.24. The summed E-state index contributed by atoms with van der Waals surface area (Å²) in [6.07, 6.45) is 0. The van der Waals surface area contributed by atoms with Gasteiger partial charge in [-0.1, -0.05) is 115 Å². The Labute approximate surface area is 351 Å². The predicted molar refractivity (Wildman–Crippen MR) is 260 cm³/mol. The van der Waals surface area contributed by atoms with E-state index in [4.69, 9.17) is 4.42 Å². The van der Waals surface area contributed by atoms with E-state index in [2.05, 4.69) is 193 Å². The average Bonchev–Trinajstić information content (AvgIpc) is 4.07. The first-order chi connectivity index (χ1) is 29.7. The Bertz CT molecular complexity index is 4140. The maximum absolute atomic E-state index is 7.03. The van der Waals surface area contributed by atoms with E-state index in [-0.39, 0.29) is 0 Å². The van der Waals surface area contributed by atoms with Crippen molar-refractivity contribution in [3.05, 3.63) is 188 Å². The van der Waals surface area contributed by atoms with Crippen molar-refractivity contribution >= 4 is 128 Å². The van der Waals surface area contributed by atoms with E-state index >= 15 is 0 Å². The van der Waals surface area contributed by atoms with Crippen molar-refractivity contribution in [2.24, 2.45) is 0 Å². The van der Waals surface area contributed by atoms with Crippen molar-refractivity contribution < 1.29 is 4.42 Å². The van der Waals surface area contributed by atoms with E-state index < -0.39 is 0 Å². The molecule has 0 unspecified atom stereocenters. The van der Waals surface area contributed by atoms with Crippen LogP contribution >= 0.6 is 22.7 Å². The first-order valence-electron chi connectivity index (χ1n) is 20.4. The molecular weight excluding hydrogens is 767 g/mol. The minimum atomic E-state index is 0.934. The second kappa shape index (κ2) is 12.2. The maximum atomic E-state index is 7.03. The summed E-state index contributed by atoms with van der Waals surface area (Å²) in [6, 6.07) is 69.4. The molecule has 14 aromatic rings. The van der Waals surface area contributed by atoms with Gasteiger partial charge in [-0.15, -0.1) is 22.7 Å². The molecule has 0 aliphatic heterocycles. The van der Waals surface area contributed by atoms with Crippen LogP contribution in [0, 0.1) is 0 Å². The number of nitrogens with zero attached hydrogens (tertiary/aromatic N) is 1. The largest absolute Gasteiger partial charge is 0.455 e. The summed E-state index contributed by atoms with van der Waals surface area (Å²) in [5.74, 6) is 0. The van der Waals surface area contributed by atoms with Crippen LogP contribution in [0.4, 0.5) is 0 Å². The van der Waals surface area contributed by atoms with E-state index in [1.54, 1.807) is 0 Å². The van der Waals surface area contributed by atoms with Gasteiger partial charge in [-0.2, -0.15) is 0 Å². The molecule has 0 saturated carbocycles. The summed E-state index contributed by atoms with van der Waals surface area (Å²) in [4.78, 5) is 0. The summed E-state index contributed by atoms with van der Waals surface area (Å²) in [6.45, 7) is 0. The number of para-hydroxylation sites is 2. The molecule has 4 heterocycles. The molecule has 0 saturated heterocycles. The van der Waals surface area contributed by atoms with E-state index in [0.29, 0.717) is 0 Å². The third-order valence-electron chi connectivity index (χ3n) is 12.8. The lowest BCUT2D eigenvalue weighted by molar-refractivity contribution is 0.674. The van der Waals surface area contributed by atoms with Gasteiger partial charge >= 0.3 is 0 Å². The number of hydrogen-bond donors (Lipinski definition) is 0. The molecule has 0 fully saturated rings. The summed E-state index contributed by atoms with van der Waals surface area (Å²) in [5, 5.41) is 14.7. The van der Waals surface area contributed by atoms with Crippen molar-refractivity contribution in [1.29, 1.82) is 0 Å². The lowest BCUT2D eigenvalue weighted by Crippen LogP contribution is -1.94. The van der Waals surface area contributed by atoms with Crippen LogP contribution in [0.15, 0.2) is 192 Å². The van der Waals surface area contributed by atoms with Crippen LogP contribution in [-0.2, 0) is 0 Å². The molecular formula is C56H31NOS2. The first kappa shape index (κ1) is 32.7. The fraction of sp³-hybridized carbons (Fsp3) is 0. The van der Waals surface area contributed by atoms with Gasteiger partial charge in [-0.25, -0.2) is 0 Å². The van der Waals surface area contributed by atoms with Gasteiger partial charge in [0, 0.05) is 84.1 Å². The molecule has 0 atom stereocenters. The lowest BCUT2D eigenvalue weighted by Gasteiger charge is -2.11. The Morgan fingerprint density at radius 2 is 0.983 bits per heavy atom. The number of aromatic nitrogens is 1. The lowest BCUT2D eigenvalue weighted by atomic mass is 9.98. The summed E-state index contributed by atoms with van der Waals surface area (Å²) >= 11 is 3.73. The zero-order chi connectivity index (χ0) is 39.1. The van der Waals surface area contributed by atoms with Crippen molar-refractivity contribution in [2.75, 3.05) is 0 Å². The van der Waals surface area contributed by atoms with Gasteiger partial charge in [-0.3, -0.25) is 0 Å². The number of hydrogen-bond acceptors (Lipinski definition) is 3. The molecule has 14 rings (SSSR count). The summed E-state index contributed by atoms with van der Waals surface area (Å²) in [7, 11) is 0. The Balaban J connectivity index is 0.931. The van der Waals surface area contributed by atoms with Crippen LogP contribution in [0.1, 0.15) is 0 Å². The standard InChI is InChI=1S/C56H31NOS2/c1-4-16-49-38(9-1)47-29-33(34-22-26-53-48(30-34)40-11-3-5-17-51(40)59-53)21-25-50(47)57(49)37-23-19-32-27-35-20-24-43-41-12-7-13-42(54(41)58-55(43)46(35)31-36(32)28-37)45-15-8-14-44-39-10-2-6-18-52(39)60-56(44)45/h1-31H. The van der Waals surface area contributed by atoms with Crippen molar-refractivity contribution in [1.82, 2.24) is 4.57 Å². The summed E-state index contributed by atoms with van der Waals surface area (Å²) < 4.78 is 14.7. The zero-order valence-electron chi connectivity index (χ0n) is 32.1. The number of fused-ring (bicyclic) bond motifs is 15. The topological polar surface area (TPSA) is 18.1 Å². The van der Waals surface area contributed by atoms with Gasteiger partial charge in [0.25, 0.3) is 0 Å². The number of rotatable bonds is 3. The molecule has 2 nitrogen and oxygen atoms in total. The van der Waals surface area contributed by atoms with Gasteiger partial charge in [0.05, 0.1) is 11.0 Å². The fourth-order valence-electron chi connectivity index (χ4n) is 9.96. The van der Waals surface area contributed by atoms with Gasteiger partial charge in [-0.05, 0) is 100 Å². The van der Waals surface area contributed by atoms with Crippen LogP contribution in [-0.4, -0.2) is 4.57 Å². The second-order valence-electron chi connectivity index (χ2n) is 16.0. The highest BCUT2D eigenvalue weighted by Crippen LogP contribution is 2.45. The normalized spacial score (nSPS) is 12.3. The monoisotopic (exact) mass is 797 g/mol. The molecule has 0 bridgehead atoms. The molecule has 4 heteroatoms. The van der Waals surface area contributed by atoms with Crippen LogP contribution in [0.5, 0.6) is 0 Å². The molecule has 0 spiro atoms. The highest BCUT2D eigenvalue weighted by atomic mass is 32.1. The Morgan fingerprint density at radius 3 is 1.87 bits per heavy atom. The van der Waals surface area contributed by atoms with Gasteiger partial charge in [0.2, 0.25) is 0 Å². The third-order valence-corrected chi connectivity index (χ3v) is 15.1. The van der Waals surface area contributed by atoms with Gasteiger partial charge in [0.1, 0.15) is 11.2 Å². The third kappa shape index (κ3) is 4.57. The van der Waals surface area contributed by atoms with E-state index in [9.17, 15) is 0 Å². The van der Waals surface area contributed by atoms with Gasteiger partial charge in [0.15, 0.2) is 0 Å². The quantitative estimate of drug-likeness (QED) is 0.163. The van der Waals surface area contributed by atoms with Crippen molar-refractivity contribution in [3.8, 4) is 27.9 Å². The highest BCUT2D eigenvalue weighted by molar-refractivity contribution is 7.26. The van der Waals surface area contributed by atoms with Crippen LogP contribution in [0.2, 0.25) is 0 Å². The highest BCUT2D eigenvalue weighted by Gasteiger charge is 2.19. The first-order valence-corrected chi connectivity index (χ1v) is 22.0. The minimum Gasteiger partial charge on any atom is -0.455 e. The second-order valence-corrected chi connectivity index (χ2v) is 18.1. The van der Waals surface area contributed by atoms with E-state index in [0.717, 1.165) is 38.6 Å². The molecule has 0 radical (unpaired) electrons. The van der Waals surface area contributed by atoms with Crippen LogP contribution in [0.3, 0.4) is 0 Å². The van der Waals surface area contributed by atoms with Crippen LogP contribution < -0.4 is 0 Å². The van der Waals surface area contributed by atoms with Crippen molar-refractivity contribution in [3.63, 3.8) is 0 Å². The number of benzene rings is 10. The number of furan rings is 1. The molecule has 278 valence electrons. The van der Waals surface area contributed by atoms with Crippen molar-refractivity contribution in [2.45, 2.75) is 0 Å². The molecule has 10 aromatic carbocycles. The molecule has 60 heavy (non-hydrogen) atoms. The van der Waals surface area contributed by atoms with Crippen LogP contribution in [0.25, 0.3) is 134 Å². The Kier molecular flexibility index (Phi) is 6.62. The molecule has 0 N–H and O–H groups in total. The fourth-order valence-corrected chi connectivity index (χ4v) is 12.3. The smallest absolute Gasteiger partial charge is 0.143 e. The molecule has 0 aliphatic carbocycles. The maximum Gasteiger partial charge on any atom is 0.143 e. The number of thiophene rings is 2. The summed E-state index contributed by atoms with van der Waals surface area (Å²) in [5.41, 5.74) is 10.2. The minimum absolute atomic E-state index is 0.934. The molecule has 4 aromatic heterocycles. The SMILES string of the molecule is c1ccc2c(c1)sc1ccc(-c3ccc4c(c3)c3ccccc3n4-c3ccc4cc5ccc6c7cccc(-c8cccc9c8sc8ccccc89)c7oc6c5cc4c3)cc12. The predicted octanol–water partition coefficient (Wildman–Crippen LogP) is 17.1. The molecule has 0 aliphatic rings. The average molecular weight is 798 g/mol. The zero-order valence-corrected chi connectivity index (χ0v) is 33.7. The van der Waals surface area contributed by atoms with E-state index in [1.807, 2.05) is 22.7 Å². The molecule has 0 amide bonds. The van der Waals surface area contributed by atoms with Gasteiger partial charge < -0.3 is 8.98 Å². The Morgan fingerprint density at radius 1 is 0.333 bits per heavy atom. The van der Waals surface area contributed by atoms with E-state index in [1.165, 1.54) is 95.0 Å².